The third-order valence-electron chi connectivity index (χ3n) is 6.11. The van der Waals surface area contributed by atoms with E-state index in [1.54, 1.807) is 4.90 Å². The topological polar surface area (TPSA) is 98.1 Å². The second-order valence-electron chi connectivity index (χ2n) is 7.79. The van der Waals surface area contributed by atoms with Crippen molar-refractivity contribution in [2.75, 3.05) is 0 Å². The first-order valence-corrected chi connectivity index (χ1v) is 9.28. The zero-order valence-corrected chi connectivity index (χ0v) is 15.0. The van der Waals surface area contributed by atoms with Gasteiger partial charge in [0.2, 0.25) is 5.91 Å². The number of carbonyl (C=O) groups excluding carboxylic acids is 1. The Morgan fingerprint density at radius 3 is 2.50 bits per heavy atom. The van der Waals surface area contributed by atoms with E-state index in [0.29, 0.717) is 19.3 Å². The van der Waals surface area contributed by atoms with E-state index in [1.165, 1.54) is 0 Å². The number of hydrogen-bond acceptors (Lipinski definition) is 4. The standard InChI is InChI=1S/C20H27NO5/c1-20-12-14(13-6-3-2-4-7-13)21(17(23)10-11-18(24)25)16(20)9-5-8-15(22)19(20)26/h2-4,6-7,14-16,19,22,26H,5,8-12H2,1H3,(H,24,25)/t14-,15-,16-,19-,20-/m1/s1. The van der Waals surface area contributed by atoms with Gasteiger partial charge < -0.3 is 20.2 Å². The number of carboxylic acids is 1. The van der Waals surface area contributed by atoms with Gasteiger partial charge in [-0.25, -0.2) is 0 Å². The Morgan fingerprint density at radius 2 is 1.85 bits per heavy atom. The van der Waals surface area contributed by atoms with E-state index in [-0.39, 0.29) is 30.8 Å². The van der Waals surface area contributed by atoms with Gasteiger partial charge in [-0.15, -0.1) is 0 Å². The van der Waals surface area contributed by atoms with Crippen molar-refractivity contribution in [2.24, 2.45) is 5.41 Å². The van der Waals surface area contributed by atoms with Gasteiger partial charge in [-0.3, -0.25) is 9.59 Å². The van der Waals surface area contributed by atoms with E-state index in [9.17, 15) is 19.8 Å². The maximum absolute atomic E-state index is 12.9. The monoisotopic (exact) mass is 361 g/mol. The summed E-state index contributed by atoms with van der Waals surface area (Å²) in [6.45, 7) is 1.94. The van der Waals surface area contributed by atoms with Crippen LogP contribution in [0.2, 0.25) is 0 Å². The molecular formula is C20H27NO5. The highest BCUT2D eigenvalue weighted by Gasteiger charge is 2.56. The van der Waals surface area contributed by atoms with E-state index in [2.05, 4.69) is 0 Å². The average Bonchev–Trinajstić information content (AvgIpc) is 2.88. The fourth-order valence-corrected chi connectivity index (χ4v) is 4.73. The van der Waals surface area contributed by atoms with Gasteiger partial charge in [0.1, 0.15) is 0 Å². The Balaban J connectivity index is 1.97. The molecule has 3 rings (SSSR count). The van der Waals surface area contributed by atoms with Crippen LogP contribution in [0.25, 0.3) is 0 Å². The van der Waals surface area contributed by atoms with Crippen LogP contribution in [0.1, 0.15) is 57.1 Å². The molecule has 0 bridgehead atoms. The molecule has 1 amide bonds. The highest BCUT2D eigenvalue weighted by atomic mass is 16.4. The number of aliphatic carboxylic acids is 1. The third-order valence-corrected chi connectivity index (χ3v) is 6.11. The number of benzene rings is 1. The SMILES string of the molecule is C[C@@]12C[C@H](c3ccccc3)N(C(=O)CCC(=O)O)[C@@H]1CCC[C@@H](O)[C@H]2O. The maximum atomic E-state index is 12.9. The number of carboxylic acid groups (broad SMARTS) is 1. The van der Waals surface area contributed by atoms with E-state index >= 15 is 0 Å². The predicted octanol–water partition coefficient (Wildman–Crippen LogP) is 2.11. The Labute approximate surface area is 153 Å². The van der Waals surface area contributed by atoms with Crippen molar-refractivity contribution in [1.29, 1.82) is 0 Å². The summed E-state index contributed by atoms with van der Waals surface area (Å²) in [7, 11) is 0. The number of aliphatic hydroxyl groups is 2. The number of carbonyl (C=O) groups is 2. The molecule has 6 nitrogen and oxygen atoms in total. The first-order chi connectivity index (χ1) is 12.3. The lowest BCUT2D eigenvalue weighted by Gasteiger charge is -2.38. The fourth-order valence-electron chi connectivity index (χ4n) is 4.73. The van der Waals surface area contributed by atoms with Crippen LogP contribution in [0.3, 0.4) is 0 Å². The number of fused-ring (bicyclic) bond motifs is 1. The third kappa shape index (κ3) is 3.35. The molecule has 1 saturated heterocycles. The minimum atomic E-state index is -0.993. The summed E-state index contributed by atoms with van der Waals surface area (Å²) in [4.78, 5) is 25.7. The highest BCUT2D eigenvalue weighted by Crippen LogP contribution is 2.53. The van der Waals surface area contributed by atoms with Crippen LogP contribution < -0.4 is 0 Å². The number of likely N-dealkylation sites (tertiary alicyclic amines) is 1. The van der Waals surface area contributed by atoms with E-state index in [4.69, 9.17) is 5.11 Å². The van der Waals surface area contributed by atoms with Gasteiger partial charge in [0, 0.05) is 17.9 Å². The first kappa shape index (κ1) is 18.9. The van der Waals surface area contributed by atoms with Crippen molar-refractivity contribution in [3.8, 4) is 0 Å². The molecule has 5 atom stereocenters. The van der Waals surface area contributed by atoms with Crippen molar-refractivity contribution in [2.45, 2.75) is 69.7 Å². The van der Waals surface area contributed by atoms with Crippen molar-refractivity contribution in [3.63, 3.8) is 0 Å². The fraction of sp³-hybridized carbons (Fsp3) is 0.600. The average molecular weight is 361 g/mol. The largest absolute Gasteiger partial charge is 0.481 e. The molecule has 3 N–H and O–H groups in total. The lowest BCUT2D eigenvalue weighted by atomic mass is 9.74. The van der Waals surface area contributed by atoms with Crippen LogP contribution in [0.5, 0.6) is 0 Å². The summed E-state index contributed by atoms with van der Waals surface area (Å²) in [5, 5.41) is 30.0. The molecule has 1 aromatic rings. The van der Waals surface area contributed by atoms with Gasteiger partial charge >= 0.3 is 5.97 Å². The molecule has 1 heterocycles. The molecule has 1 aliphatic heterocycles. The van der Waals surface area contributed by atoms with Crippen LogP contribution in [0.15, 0.2) is 30.3 Å². The second-order valence-corrected chi connectivity index (χ2v) is 7.79. The van der Waals surface area contributed by atoms with E-state index < -0.39 is 23.6 Å². The molecule has 142 valence electrons. The molecule has 2 fully saturated rings. The van der Waals surface area contributed by atoms with Gasteiger partial charge in [0.05, 0.1) is 24.7 Å². The molecule has 0 radical (unpaired) electrons. The normalized spacial score (nSPS) is 34.2. The number of amides is 1. The Bertz CT molecular complexity index is 663. The van der Waals surface area contributed by atoms with Crippen molar-refractivity contribution in [1.82, 2.24) is 4.90 Å². The smallest absolute Gasteiger partial charge is 0.303 e. The minimum Gasteiger partial charge on any atom is -0.481 e. The Kier molecular flexibility index (Phi) is 5.34. The molecule has 1 aromatic carbocycles. The van der Waals surface area contributed by atoms with Crippen LogP contribution >= 0.6 is 0 Å². The molecule has 6 heteroatoms. The summed E-state index contributed by atoms with van der Waals surface area (Å²) in [5.41, 5.74) is 0.363. The molecule has 26 heavy (non-hydrogen) atoms. The van der Waals surface area contributed by atoms with E-state index in [0.717, 1.165) is 12.0 Å². The number of rotatable bonds is 4. The molecule has 2 aliphatic rings. The van der Waals surface area contributed by atoms with Crippen molar-refractivity contribution < 1.29 is 24.9 Å². The van der Waals surface area contributed by atoms with Gasteiger partial charge in [0.25, 0.3) is 0 Å². The molecule has 0 unspecified atom stereocenters. The Morgan fingerprint density at radius 1 is 1.15 bits per heavy atom. The summed E-state index contributed by atoms with van der Waals surface area (Å²) in [5.74, 6) is -1.19. The predicted molar refractivity (Wildman–Crippen MR) is 95.3 cm³/mol. The molecular weight excluding hydrogens is 334 g/mol. The lowest BCUT2D eigenvalue weighted by Crippen LogP contribution is -2.49. The minimum absolute atomic E-state index is 0.0517. The van der Waals surface area contributed by atoms with Gasteiger partial charge in [-0.1, -0.05) is 37.3 Å². The van der Waals surface area contributed by atoms with Crippen LogP contribution in [-0.2, 0) is 9.59 Å². The van der Waals surface area contributed by atoms with Crippen molar-refractivity contribution >= 4 is 11.9 Å². The highest BCUT2D eigenvalue weighted by molar-refractivity contribution is 5.81. The zero-order valence-electron chi connectivity index (χ0n) is 15.0. The first-order valence-electron chi connectivity index (χ1n) is 9.28. The van der Waals surface area contributed by atoms with Crippen LogP contribution in [-0.4, -0.2) is 50.3 Å². The number of nitrogens with zero attached hydrogens (tertiary/aromatic N) is 1. The van der Waals surface area contributed by atoms with Gasteiger partial charge in [-0.05, 0) is 31.2 Å². The quantitative estimate of drug-likeness (QED) is 0.763. The number of aliphatic hydroxyl groups excluding tert-OH is 2. The molecule has 0 spiro atoms. The van der Waals surface area contributed by atoms with Gasteiger partial charge in [0.15, 0.2) is 0 Å². The lowest BCUT2D eigenvalue weighted by molar-refractivity contribution is -0.143. The Hall–Kier alpha value is -1.92. The maximum Gasteiger partial charge on any atom is 0.303 e. The van der Waals surface area contributed by atoms with E-state index in [1.807, 2.05) is 37.3 Å². The molecule has 0 aromatic heterocycles. The number of hydrogen-bond donors (Lipinski definition) is 3. The second kappa shape index (κ2) is 7.37. The zero-order chi connectivity index (χ0) is 18.9. The summed E-state index contributed by atoms with van der Waals surface area (Å²) >= 11 is 0. The molecule has 1 aliphatic carbocycles. The van der Waals surface area contributed by atoms with Crippen LogP contribution in [0, 0.1) is 5.41 Å². The van der Waals surface area contributed by atoms with Gasteiger partial charge in [-0.2, -0.15) is 0 Å². The van der Waals surface area contributed by atoms with Crippen molar-refractivity contribution in [3.05, 3.63) is 35.9 Å². The summed E-state index contributed by atoms with van der Waals surface area (Å²) in [6, 6.07) is 9.23. The molecule has 1 saturated carbocycles. The van der Waals surface area contributed by atoms with Crippen LogP contribution in [0.4, 0.5) is 0 Å². The summed E-state index contributed by atoms with van der Waals surface area (Å²) in [6.07, 6.45) is 0.540. The summed E-state index contributed by atoms with van der Waals surface area (Å²) < 4.78 is 0.